The van der Waals surface area contributed by atoms with E-state index in [1.807, 2.05) is 0 Å². The maximum absolute atomic E-state index is 10.5. The van der Waals surface area contributed by atoms with Gasteiger partial charge >= 0.3 is 23.9 Å². The van der Waals surface area contributed by atoms with Crippen LogP contribution < -0.4 is 11.1 Å². The number of aliphatic carboxylic acids is 1. The van der Waals surface area contributed by atoms with E-state index in [1.54, 1.807) is 4.90 Å². The summed E-state index contributed by atoms with van der Waals surface area (Å²) in [6, 6.07) is 4.93. The minimum Gasteiger partial charge on any atom is -0.480 e. The molecule has 0 aromatic heterocycles. The monoisotopic (exact) mass is 395 g/mol. The van der Waals surface area contributed by atoms with Gasteiger partial charge in [-0.25, -0.2) is 14.4 Å². The van der Waals surface area contributed by atoms with Crippen molar-refractivity contribution in [1.29, 1.82) is 0 Å². The Morgan fingerprint density at radius 1 is 0.929 bits per heavy atom. The molecule has 1 aromatic rings. The van der Waals surface area contributed by atoms with E-state index < -0.39 is 17.9 Å². The van der Waals surface area contributed by atoms with Crippen molar-refractivity contribution in [3.05, 3.63) is 35.4 Å². The highest BCUT2D eigenvalue weighted by molar-refractivity contribution is 6.01. The number of urea groups is 1. The highest BCUT2D eigenvalue weighted by Gasteiger charge is 2.20. The molecule has 154 valence electrons. The third-order valence-electron chi connectivity index (χ3n) is 4.16. The van der Waals surface area contributed by atoms with Gasteiger partial charge in [0.1, 0.15) is 6.04 Å². The topological polar surface area (TPSA) is 170 Å². The molecule has 2 heterocycles. The minimum atomic E-state index is -1.23. The van der Waals surface area contributed by atoms with Gasteiger partial charge in [-0.05, 0) is 44.4 Å². The number of carbonyl (C=O) groups is 4. The Bertz CT molecular complexity index is 637. The highest BCUT2D eigenvalue weighted by Crippen LogP contribution is 2.08. The number of amides is 2. The zero-order valence-electron chi connectivity index (χ0n) is 15.3. The van der Waals surface area contributed by atoms with Crippen molar-refractivity contribution >= 4 is 23.9 Å². The van der Waals surface area contributed by atoms with E-state index in [-0.39, 0.29) is 23.2 Å². The van der Waals surface area contributed by atoms with E-state index in [0.717, 1.165) is 45.3 Å². The summed E-state index contributed by atoms with van der Waals surface area (Å²) in [4.78, 5) is 43.1. The lowest BCUT2D eigenvalue weighted by molar-refractivity contribution is -0.139. The van der Waals surface area contributed by atoms with E-state index in [0.29, 0.717) is 0 Å². The Kier molecular flexibility index (Phi) is 9.44. The molecule has 0 unspecified atom stereocenters. The molecule has 0 saturated carbocycles. The molecule has 0 spiro atoms. The van der Waals surface area contributed by atoms with Gasteiger partial charge in [-0.15, -0.1) is 0 Å². The Balaban J connectivity index is 0.000000217. The molecule has 3 rings (SSSR count). The molecule has 2 fully saturated rings. The first kappa shape index (κ1) is 22.9. The van der Waals surface area contributed by atoms with Gasteiger partial charge in [0.2, 0.25) is 0 Å². The molecule has 2 aliphatic rings. The largest absolute Gasteiger partial charge is 0.480 e. The number of primary amides is 1. The average molecular weight is 395 g/mol. The third-order valence-corrected chi connectivity index (χ3v) is 4.16. The molecule has 1 aromatic carbocycles. The molecule has 6 N–H and O–H groups in total. The van der Waals surface area contributed by atoms with Crippen molar-refractivity contribution in [2.75, 3.05) is 19.6 Å². The molecule has 1 atom stereocenters. The summed E-state index contributed by atoms with van der Waals surface area (Å²) in [7, 11) is 0. The van der Waals surface area contributed by atoms with Crippen molar-refractivity contribution in [2.45, 2.75) is 31.7 Å². The van der Waals surface area contributed by atoms with E-state index in [2.05, 4.69) is 5.32 Å². The van der Waals surface area contributed by atoms with Crippen molar-refractivity contribution in [1.82, 2.24) is 10.2 Å². The number of carboxylic acid groups (broad SMARTS) is 3. The molecular weight excluding hydrogens is 370 g/mol. The number of carboxylic acids is 3. The second-order valence-corrected chi connectivity index (χ2v) is 6.18. The van der Waals surface area contributed by atoms with Gasteiger partial charge in [-0.1, -0.05) is 12.1 Å². The minimum absolute atomic E-state index is 0.190. The van der Waals surface area contributed by atoms with Crippen LogP contribution in [0.25, 0.3) is 0 Å². The normalized spacial score (nSPS) is 17.6. The van der Waals surface area contributed by atoms with E-state index in [1.165, 1.54) is 24.3 Å². The maximum atomic E-state index is 10.5. The number of rotatable bonds is 3. The summed E-state index contributed by atoms with van der Waals surface area (Å²) in [5.74, 6) is -3.18. The summed E-state index contributed by atoms with van der Waals surface area (Å²) in [5, 5.41) is 28.3. The molecular formula is C18H25N3O7. The van der Waals surface area contributed by atoms with Crippen molar-refractivity contribution in [3.8, 4) is 0 Å². The van der Waals surface area contributed by atoms with Crippen LogP contribution >= 0.6 is 0 Å². The zero-order chi connectivity index (χ0) is 21.1. The second-order valence-electron chi connectivity index (χ2n) is 6.18. The summed E-state index contributed by atoms with van der Waals surface area (Å²) >= 11 is 0. The van der Waals surface area contributed by atoms with Crippen LogP contribution in [0.15, 0.2) is 24.3 Å². The number of nitrogens with one attached hydrogen (secondary N) is 1. The smallest absolute Gasteiger partial charge is 0.336 e. The number of benzene rings is 1. The number of nitrogens with two attached hydrogens (primary N) is 1. The lowest BCUT2D eigenvalue weighted by atomic mass is 10.1. The SMILES string of the molecule is NC(=O)N1CCCC1.O=C(O)[C@@H]1CCCN1.O=C(O)c1ccccc1C(=O)O. The highest BCUT2D eigenvalue weighted by atomic mass is 16.4. The molecule has 0 radical (unpaired) electrons. The van der Waals surface area contributed by atoms with Crippen molar-refractivity contribution < 1.29 is 34.5 Å². The number of aromatic carboxylic acids is 2. The zero-order valence-corrected chi connectivity index (χ0v) is 15.3. The van der Waals surface area contributed by atoms with Crippen LogP contribution in [-0.4, -0.2) is 69.8 Å². The molecule has 2 aliphatic heterocycles. The fourth-order valence-corrected chi connectivity index (χ4v) is 2.69. The Hall–Kier alpha value is -3.14. The maximum Gasteiger partial charge on any atom is 0.336 e. The van der Waals surface area contributed by atoms with Crippen molar-refractivity contribution in [3.63, 3.8) is 0 Å². The van der Waals surface area contributed by atoms with Crippen molar-refractivity contribution in [2.24, 2.45) is 5.73 Å². The Morgan fingerprint density at radius 3 is 1.68 bits per heavy atom. The summed E-state index contributed by atoms with van der Waals surface area (Å²) in [6.45, 7) is 2.57. The van der Waals surface area contributed by atoms with Gasteiger partial charge in [-0.3, -0.25) is 4.79 Å². The van der Waals surface area contributed by atoms with Gasteiger partial charge in [0, 0.05) is 13.1 Å². The molecule has 2 saturated heterocycles. The van der Waals surface area contributed by atoms with Crippen LogP contribution in [0.3, 0.4) is 0 Å². The first-order valence-corrected chi connectivity index (χ1v) is 8.80. The predicted molar refractivity (Wildman–Crippen MR) is 99.4 cm³/mol. The quantitative estimate of drug-likeness (QED) is 0.506. The Labute approximate surface area is 161 Å². The fraction of sp³-hybridized carbons (Fsp3) is 0.444. The molecule has 2 amide bonds. The molecule has 0 bridgehead atoms. The average Bonchev–Trinajstić information content (AvgIpc) is 3.36. The van der Waals surface area contributed by atoms with Crippen LogP contribution in [-0.2, 0) is 4.79 Å². The number of hydrogen-bond donors (Lipinski definition) is 5. The Morgan fingerprint density at radius 2 is 1.43 bits per heavy atom. The van der Waals surface area contributed by atoms with Gasteiger partial charge in [0.25, 0.3) is 0 Å². The number of carbonyl (C=O) groups excluding carboxylic acids is 1. The van der Waals surface area contributed by atoms with Crippen LogP contribution in [0.4, 0.5) is 4.79 Å². The first-order chi connectivity index (χ1) is 13.2. The van der Waals surface area contributed by atoms with E-state index >= 15 is 0 Å². The standard InChI is InChI=1S/C8H6O4.C5H10N2O.C5H9NO2/c9-7(10)5-3-1-2-4-6(5)8(11)12;6-5(8)7-3-1-2-4-7;7-5(8)4-2-1-3-6-4/h1-4H,(H,9,10)(H,11,12);1-4H2,(H2,6,8);4,6H,1-3H2,(H,7,8)/t;;4-/m..0/s1. The fourth-order valence-electron chi connectivity index (χ4n) is 2.69. The number of hydrogen-bond acceptors (Lipinski definition) is 5. The lowest BCUT2D eigenvalue weighted by Crippen LogP contribution is -2.32. The van der Waals surface area contributed by atoms with Gasteiger partial charge in [0.15, 0.2) is 0 Å². The summed E-state index contributed by atoms with van der Waals surface area (Å²) in [5.41, 5.74) is 4.61. The molecule has 10 heteroatoms. The van der Waals surface area contributed by atoms with Gasteiger partial charge < -0.3 is 31.3 Å². The van der Waals surface area contributed by atoms with Crippen LogP contribution in [0.5, 0.6) is 0 Å². The summed E-state index contributed by atoms with van der Waals surface area (Å²) in [6.07, 6.45) is 4.01. The molecule has 28 heavy (non-hydrogen) atoms. The second kappa shape index (κ2) is 11.5. The van der Waals surface area contributed by atoms with E-state index in [9.17, 15) is 19.2 Å². The lowest BCUT2D eigenvalue weighted by Gasteiger charge is -2.09. The van der Waals surface area contributed by atoms with Gasteiger partial charge in [-0.2, -0.15) is 0 Å². The van der Waals surface area contributed by atoms with Crippen LogP contribution in [0.1, 0.15) is 46.4 Å². The number of nitrogens with zero attached hydrogens (tertiary/aromatic N) is 1. The third kappa shape index (κ3) is 7.62. The molecule has 10 nitrogen and oxygen atoms in total. The van der Waals surface area contributed by atoms with Crippen LogP contribution in [0.2, 0.25) is 0 Å². The molecule has 0 aliphatic carbocycles. The number of likely N-dealkylation sites (tertiary alicyclic amines) is 1. The van der Waals surface area contributed by atoms with E-state index in [4.69, 9.17) is 21.1 Å². The van der Waals surface area contributed by atoms with Crippen LogP contribution in [0, 0.1) is 0 Å². The predicted octanol–water partition coefficient (Wildman–Crippen LogP) is 1.07. The van der Waals surface area contributed by atoms with Gasteiger partial charge in [0.05, 0.1) is 11.1 Å². The first-order valence-electron chi connectivity index (χ1n) is 8.80. The summed E-state index contributed by atoms with van der Waals surface area (Å²) < 4.78 is 0.